The van der Waals surface area contributed by atoms with Crippen LogP contribution in [0.2, 0.25) is 0 Å². The number of sulfonamides is 1. The van der Waals surface area contributed by atoms with Crippen molar-refractivity contribution in [3.8, 4) is 0 Å². The molecule has 1 aliphatic heterocycles. The third-order valence-electron chi connectivity index (χ3n) is 5.34. The van der Waals surface area contributed by atoms with E-state index >= 15 is 0 Å². The molecule has 0 saturated heterocycles. The maximum atomic E-state index is 13.7. The monoisotopic (exact) mass is 389 g/mol. The van der Waals surface area contributed by atoms with Gasteiger partial charge in [-0.15, -0.1) is 6.58 Å². The lowest BCUT2D eigenvalue weighted by Crippen LogP contribution is -2.33. The van der Waals surface area contributed by atoms with Crippen LogP contribution in [0.4, 0.5) is 5.69 Å². The minimum atomic E-state index is -3.74. The maximum Gasteiger partial charge on any atom is 0.264 e. The highest BCUT2D eigenvalue weighted by Gasteiger charge is 2.44. The molecule has 1 aliphatic rings. The third kappa shape index (κ3) is 2.94. The van der Waals surface area contributed by atoms with Crippen LogP contribution in [0.15, 0.2) is 90.3 Å². The average molecular weight is 390 g/mol. The first kappa shape index (κ1) is 18.5. The molecule has 1 heterocycles. The van der Waals surface area contributed by atoms with Crippen molar-refractivity contribution in [1.29, 1.82) is 0 Å². The molecule has 0 radical (unpaired) electrons. The molecule has 0 bridgehead atoms. The molecule has 3 aromatic rings. The molecule has 3 nitrogen and oxygen atoms in total. The van der Waals surface area contributed by atoms with Gasteiger partial charge in [-0.2, -0.15) is 0 Å². The molecule has 0 unspecified atom stereocenters. The average Bonchev–Trinajstić information content (AvgIpc) is 3.03. The zero-order valence-corrected chi connectivity index (χ0v) is 16.9. The van der Waals surface area contributed by atoms with Crippen molar-refractivity contribution in [3.05, 3.63) is 108 Å². The molecule has 3 aromatic carbocycles. The fourth-order valence-corrected chi connectivity index (χ4v) is 5.68. The standard InChI is InChI=1S/C24H23NO2S/c1-4-21-22-10-5-6-11-23(22)25(24(21)19-9-7-8-18(3)16-19)28(26,27)20-14-12-17(2)13-15-20/h4-16,21,24H,1H2,2-3H3/t21-,24+/m0/s1. The van der Waals surface area contributed by atoms with Crippen LogP contribution >= 0.6 is 0 Å². The Balaban J connectivity index is 1.95. The van der Waals surface area contributed by atoms with Gasteiger partial charge in [0.2, 0.25) is 0 Å². The van der Waals surface area contributed by atoms with Crippen LogP contribution < -0.4 is 4.31 Å². The number of benzene rings is 3. The maximum absolute atomic E-state index is 13.7. The van der Waals surface area contributed by atoms with E-state index in [0.29, 0.717) is 4.90 Å². The second-order valence-electron chi connectivity index (χ2n) is 7.29. The third-order valence-corrected chi connectivity index (χ3v) is 7.15. The lowest BCUT2D eigenvalue weighted by molar-refractivity contribution is 0.576. The Bertz CT molecular complexity index is 1130. The predicted molar refractivity (Wildman–Crippen MR) is 114 cm³/mol. The van der Waals surface area contributed by atoms with Crippen molar-refractivity contribution in [2.45, 2.75) is 30.7 Å². The van der Waals surface area contributed by atoms with E-state index in [9.17, 15) is 8.42 Å². The van der Waals surface area contributed by atoms with Gasteiger partial charge in [-0.1, -0.05) is 71.8 Å². The summed E-state index contributed by atoms with van der Waals surface area (Å²) in [4.78, 5) is 0.301. The summed E-state index contributed by atoms with van der Waals surface area (Å²) in [5.74, 6) is -0.113. The summed E-state index contributed by atoms with van der Waals surface area (Å²) in [6.45, 7) is 7.99. The first-order valence-corrected chi connectivity index (χ1v) is 10.8. The summed E-state index contributed by atoms with van der Waals surface area (Å²) < 4.78 is 29.0. The number of hydrogen-bond donors (Lipinski definition) is 0. The number of rotatable bonds is 4. The Morgan fingerprint density at radius 1 is 0.893 bits per heavy atom. The van der Waals surface area contributed by atoms with Crippen molar-refractivity contribution in [3.63, 3.8) is 0 Å². The fraction of sp³-hybridized carbons (Fsp3) is 0.167. The van der Waals surface area contributed by atoms with Gasteiger partial charge in [0.1, 0.15) is 0 Å². The highest BCUT2D eigenvalue weighted by molar-refractivity contribution is 7.92. The van der Waals surface area contributed by atoms with Gasteiger partial charge in [-0.3, -0.25) is 4.31 Å². The SMILES string of the molecule is C=C[C@H]1c2ccccc2N(S(=O)(=O)c2ccc(C)cc2)[C@@H]1c1cccc(C)c1. The van der Waals surface area contributed by atoms with Gasteiger partial charge in [0, 0.05) is 5.92 Å². The van der Waals surface area contributed by atoms with Gasteiger partial charge in [0.25, 0.3) is 10.0 Å². The van der Waals surface area contributed by atoms with Gasteiger partial charge in [0.05, 0.1) is 16.6 Å². The quantitative estimate of drug-likeness (QED) is 0.551. The van der Waals surface area contributed by atoms with Crippen LogP contribution in [0, 0.1) is 13.8 Å². The van der Waals surface area contributed by atoms with Gasteiger partial charge in [0.15, 0.2) is 0 Å². The van der Waals surface area contributed by atoms with E-state index in [-0.39, 0.29) is 12.0 Å². The van der Waals surface area contributed by atoms with Crippen molar-refractivity contribution < 1.29 is 8.42 Å². The smallest absolute Gasteiger partial charge is 0.258 e. The Kier molecular flexibility index (Phi) is 4.60. The molecule has 0 amide bonds. The first-order chi connectivity index (χ1) is 13.4. The van der Waals surface area contributed by atoms with E-state index in [1.807, 2.05) is 74.5 Å². The lowest BCUT2D eigenvalue weighted by atomic mass is 9.90. The fourth-order valence-electron chi connectivity index (χ4n) is 3.99. The van der Waals surface area contributed by atoms with Crippen LogP contribution in [-0.4, -0.2) is 8.42 Å². The second kappa shape index (κ2) is 6.95. The lowest BCUT2D eigenvalue weighted by Gasteiger charge is -2.29. The number of nitrogens with zero attached hydrogens (tertiary/aromatic N) is 1. The summed E-state index contributed by atoms with van der Waals surface area (Å²) in [5.41, 5.74) is 4.81. The first-order valence-electron chi connectivity index (χ1n) is 9.32. The van der Waals surface area contributed by atoms with Gasteiger partial charge >= 0.3 is 0 Å². The molecule has 0 fully saturated rings. The molecule has 4 rings (SSSR count). The molecule has 28 heavy (non-hydrogen) atoms. The molecule has 2 atom stereocenters. The number of anilines is 1. The zero-order chi connectivity index (χ0) is 19.9. The number of para-hydroxylation sites is 1. The molecule has 142 valence electrons. The largest absolute Gasteiger partial charge is 0.264 e. The number of fused-ring (bicyclic) bond motifs is 1. The predicted octanol–water partition coefficient (Wildman–Crippen LogP) is 5.52. The van der Waals surface area contributed by atoms with Crippen LogP contribution in [0.25, 0.3) is 0 Å². The van der Waals surface area contributed by atoms with Gasteiger partial charge in [-0.05, 0) is 43.2 Å². The Morgan fingerprint density at radius 3 is 2.29 bits per heavy atom. The number of hydrogen-bond acceptors (Lipinski definition) is 2. The summed E-state index contributed by atoms with van der Waals surface area (Å²) in [7, 11) is -3.74. The minimum absolute atomic E-state index is 0.113. The van der Waals surface area contributed by atoms with Crippen LogP contribution in [0.1, 0.15) is 34.2 Å². The van der Waals surface area contributed by atoms with Crippen molar-refractivity contribution >= 4 is 15.7 Å². The molecule has 0 spiro atoms. The Labute approximate surface area is 167 Å². The molecular formula is C24H23NO2S. The summed E-state index contributed by atoms with van der Waals surface area (Å²) in [6, 6.07) is 22.4. The van der Waals surface area contributed by atoms with E-state index < -0.39 is 10.0 Å². The molecule has 4 heteroatoms. The molecule has 0 saturated carbocycles. The van der Waals surface area contributed by atoms with Crippen molar-refractivity contribution in [1.82, 2.24) is 0 Å². The van der Waals surface area contributed by atoms with Crippen LogP contribution in [0.3, 0.4) is 0 Å². The Morgan fingerprint density at radius 2 is 1.61 bits per heavy atom. The van der Waals surface area contributed by atoms with Crippen molar-refractivity contribution in [2.24, 2.45) is 0 Å². The normalized spacial score (nSPS) is 18.7. The van der Waals surface area contributed by atoms with E-state index in [0.717, 1.165) is 27.9 Å². The summed E-state index contributed by atoms with van der Waals surface area (Å²) >= 11 is 0. The zero-order valence-electron chi connectivity index (χ0n) is 16.0. The highest BCUT2D eigenvalue weighted by atomic mass is 32.2. The van der Waals surface area contributed by atoms with E-state index in [2.05, 4.69) is 12.6 Å². The van der Waals surface area contributed by atoms with Gasteiger partial charge in [-0.25, -0.2) is 8.42 Å². The number of aryl methyl sites for hydroxylation is 2. The molecule has 0 aromatic heterocycles. The molecule has 0 N–H and O–H groups in total. The minimum Gasteiger partial charge on any atom is -0.258 e. The van der Waals surface area contributed by atoms with Crippen LogP contribution in [0.5, 0.6) is 0 Å². The molecular weight excluding hydrogens is 366 g/mol. The summed E-state index contributed by atoms with van der Waals surface area (Å²) in [6.07, 6.45) is 1.86. The molecule has 0 aliphatic carbocycles. The second-order valence-corrected chi connectivity index (χ2v) is 9.11. The van der Waals surface area contributed by atoms with Crippen molar-refractivity contribution in [2.75, 3.05) is 4.31 Å². The van der Waals surface area contributed by atoms with E-state index in [4.69, 9.17) is 0 Å². The summed E-state index contributed by atoms with van der Waals surface area (Å²) in [5, 5.41) is 0. The van der Waals surface area contributed by atoms with Gasteiger partial charge < -0.3 is 0 Å². The van der Waals surface area contributed by atoms with E-state index in [1.54, 1.807) is 16.4 Å². The highest BCUT2D eigenvalue weighted by Crippen LogP contribution is 2.51. The van der Waals surface area contributed by atoms with Crippen LogP contribution in [-0.2, 0) is 10.0 Å². The topological polar surface area (TPSA) is 37.4 Å². The Hall–Kier alpha value is -2.85. The van der Waals surface area contributed by atoms with E-state index in [1.165, 1.54) is 0 Å².